The van der Waals surface area contributed by atoms with Crippen LogP contribution < -0.4 is 11.1 Å². The van der Waals surface area contributed by atoms with Crippen LogP contribution in [-0.2, 0) is 11.2 Å². The monoisotopic (exact) mass is 260 g/mol. The molecule has 1 heterocycles. The largest absolute Gasteiger partial charge is 0.326 e. The SMILES string of the molecule is CC(C)C(C)C(N)c1ccc2c(c1)CCCC(=O)N2. The molecule has 19 heavy (non-hydrogen) atoms. The second-order valence-corrected chi connectivity index (χ2v) is 5.95. The molecule has 3 N–H and O–H groups in total. The summed E-state index contributed by atoms with van der Waals surface area (Å²) in [6.45, 7) is 6.60. The zero-order valence-electron chi connectivity index (χ0n) is 12.1. The molecule has 2 rings (SSSR count). The fourth-order valence-corrected chi connectivity index (χ4v) is 2.52. The lowest BCUT2D eigenvalue weighted by Crippen LogP contribution is -2.23. The molecule has 3 nitrogen and oxygen atoms in total. The summed E-state index contributed by atoms with van der Waals surface area (Å²) >= 11 is 0. The van der Waals surface area contributed by atoms with Gasteiger partial charge in [0.2, 0.25) is 5.91 Å². The molecule has 1 aliphatic heterocycles. The first-order chi connectivity index (χ1) is 8.99. The molecule has 0 bridgehead atoms. The average Bonchev–Trinajstić information content (AvgIpc) is 2.56. The van der Waals surface area contributed by atoms with Crippen LogP contribution in [0.25, 0.3) is 0 Å². The number of nitrogens with one attached hydrogen (secondary N) is 1. The molecule has 1 aliphatic rings. The van der Waals surface area contributed by atoms with E-state index in [0.717, 1.165) is 18.5 Å². The van der Waals surface area contributed by atoms with Crippen molar-refractivity contribution < 1.29 is 4.79 Å². The number of hydrogen-bond acceptors (Lipinski definition) is 2. The van der Waals surface area contributed by atoms with E-state index in [1.165, 1.54) is 11.1 Å². The normalized spacial score (nSPS) is 18.5. The lowest BCUT2D eigenvalue weighted by atomic mass is 9.86. The van der Waals surface area contributed by atoms with Crippen molar-refractivity contribution in [1.29, 1.82) is 0 Å². The Morgan fingerprint density at radius 2 is 1.95 bits per heavy atom. The number of anilines is 1. The number of fused-ring (bicyclic) bond motifs is 1. The Balaban J connectivity index is 2.25. The lowest BCUT2D eigenvalue weighted by Gasteiger charge is -2.24. The number of aryl methyl sites for hydroxylation is 1. The standard InChI is InChI=1S/C16H24N2O/c1-10(2)11(3)16(17)13-7-8-14-12(9-13)5-4-6-15(19)18-14/h7-11,16H,4-6,17H2,1-3H3,(H,18,19). The molecule has 1 aromatic carbocycles. The van der Waals surface area contributed by atoms with Crippen molar-refractivity contribution >= 4 is 11.6 Å². The highest BCUT2D eigenvalue weighted by Gasteiger charge is 2.20. The molecule has 1 aromatic rings. The number of benzene rings is 1. The molecule has 2 atom stereocenters. The third-order valence-electron chi connectivity index (χ3n) is 4.26. The Morgan fingerprint density at radius 3 is 2.63 bits per heavy atom. The van der Waals surface area contributed by atoms with Gasteiger partial charge in [0.1, 0.15) is 0 Å². The third kappa shape index (κ3) is 3.16. The Morgan fingerprint density at radius 1 is 1.21 bits per heavy atom. The molecule has 104 valence electrons. The first kappa shape index (κ1) is 14.1. The van der Waals surface area contributed by atoms with Gasteiger partial charge in [0.05, 0.1) is 0 Å². The summed E-state index contributed by atoms with van der Waals surface area (Å²) in [6.07, 6.45) is 2.47. The minimum Gasteiger partial charge on any atom is -0.326 e. The number of nitrogens with two attached hydrogens (primary N) is 1. The zero-order chi connectivity index (χ0) is 14.0. The van der Waals surface area contributed by atoms with Crippen LogP contribution in [-0.4, -0.2) is 5.91 Å². The quantitative estimate of drug-likeness (QED) is 0.876. The van der Waals surface area contributed by atoms with Gasteiger partial charge >= 0.3 is 0 Å². The van der Waals surface area contributed by atoms with Crippen LogP contribution in [0.4, 0.5) is 5.69 Å². The topological polar surface area (TPSA) is 55.1 Å². The fraction of sp³-hybridized carbons (Fsp3) is 0.562. The van der Waals surface area contributed by atoms with E-state index in [1.807, 2.05) is 12.1 Å². The van der Waals surface area contributed by atoms with Gasteiger partial charge in [0.25, 0.3) is 0 Å². The van der Waals surface area contributed by atoms with Crippen molar-refractivity contribution in [2.45, 2.75) is 46.1 Å². The number of carbonyl (C=O) groups is 1. The maximum Gasteiger partial charge on any atom is 0.224 e. The summed E-state index contributed by atoms with van der Waals surface area (Å²) in [5.74, 6) is 1.12. The Hall–Kier alpha value is -1.35. The van der Waals surface area contributed by atoms with Crippen molar-refractivity contribution in [3.63, 3.8) is 0 Å². The highest BCUT2D eigenvalue weighted by molar-refractivity contribution is 5.92. The van der Waals surface area contributed by atoms with Crippen molar-refractivity contribution in [1.82, 2.24) is 0 Å². The molecular weight excluding hydrogens is 236 g/mol. The number of rotatable bonds is 3. The van der Waals surface area contributed by atoms with Crippen LogP contribution in [0.1, 0.15) is 50.8 Å². The molecule has 0 saturated heterocycles. The van der Waals surface area contributed by atoms with Crippen molar-refractivity contribution in [2.24, 2.45) is 17.6 Å². The van der Waals surface area contributed by atoms with Gasteiger partial charge in [0.15, 0.2) is 0 Å². The van der Waals surface area contributed by atoms with E-state index < -0.39 is 0 Å². The molecule has 0 radical (unpaired) electrons. The van der Waals surface area contributed by atoms with Crippen LogP contribution in [0.3, 0.4) is 0 Å². The summed E-state index contributed by atoms with van der Waals surface area (Å²) in [4.78, 5) is 11.5. The van der Waals surface area contributed by atoms with Gasteiger partial charge < -0.3 is 11.1 Å². The first-order valence-corrected chi connectivity index (χ1v) is 7.17. The zero-order valence-corrected chi connectivity index (χ0v) is 12.1. The van der Waals surface area contributed by atoms with E-state index in [9.17, 15) is 4.79 Å². The Kier molecular flexibility index (Phi) is 4.25. The van der Waals surface area contributed by atoms with Gasteiger partial charge in [-0.05, 0) is 41.9 Å². The first-order valence-electron chi connectivity index (χ1n) is 7.17. The average molecular weight is 260 g/mol. The molecular formula is C16H24N2O. The second-order valence-electron chi connectivity index (χ2n) is 5.95. The smallest absolute Gasteiger partial charge is 0.224 e. The highest BCUT2D eigenvalue weighted by Crippen LogP contribution is 2.30. The molecule has 0 spiro atoms. The maximum absolute atomic E-state index is 11.5. The van der Waals surface area contributed by atoms with Gasteiger partial charge in [-0.1, -0.05) is 32.9 Å². The molecule has 0 aliphatic carbocycles. The van der Waals surface area contributed by atoms with Crippen LogP contribution in [0.15, 0.2) is 18.2 Å². The Bertz CT molecular complexity index is 468. The number of carbonyl (C=O) groups excluding carboxylic acids is 1. The van der Waals surface area contributed by atoms with Crippen LogP contribution >= 0.6 is 0 Å². The minimum absolute atomic E-state index is 0.0595. The maximum atomic E-state index is 11.5. The van der Waals surface area contributed by atoms with E-state index >= 15 is 0 Å². The van der Waals surface area contributed by atoms with E-state index in [1.54, 1.807) is 0 Å². The predicted molar refractivity (Wildman–Crippen MR) is 78.9 cm³/mol. The molecule has 0 saturated carbocycles. The lowest BCUT2D eigenvalue weighted by molar-refractivity contribution is -0.116. The van der Waals surface area contributed by atoms with Gasteiger partial charge in [-0.3, -0.25) is 4.79 Å². The minimum atomic E-state index is 0.0595. The van der Waals surface area contributed by atoms with Crippen LogP contribution in [0.2, 0.25) is 0 Å². The number of amides is 1. The summed E-state index contributed by atoms with van der Waals surface area (Å²) in [6, 6.07) is 6.28. The molecule has 2 unspecified atom stereocenters. The molecule has 0 fully saturated rings. The van der Waals surface area contributed by atoms with Gasteiger partial charge in [-0.15, -0.1) is 0 Å². The van der Waals surface area contributed by atoms with Crippen LogP contribution in [0, 0.1) is 11.8 Å². The summed E-state index contributed by atoms with van der Waals surface area (Å²) in [5.41, 5.74) is 9.70. The highest BCUT2D eigenvalue weighted by atomic mass is 16.1. The summed E-state index contributed by atoms with van der Waals surface area (Å²) < 4.78 is 0. The van der Waals surface area contributed by atoms with Crippen molar-refractivity contribution in [3.05, 3.63) is 29.3 Å². The third-order valence-corrected chi connectivity index (χ3v) is 4.26. The van der Waals surface area contributed by atoms with Gasteiger partial charge in [-0.25, -0.2) is 0 Å². The van der Waals surface area contributed by atoms with Gasteiger partial charge in [0, 0.05) is 18.2 Å². The fourth-order valence-electron chi connectivity index (χ4n) is 2.52. The number of hydrogen-bond donors (Lipinski definition) is 2. The molecule has 3 heteroatoms. The second kappa shape index (κ2) is 5.74. The molecule has 0 aromatic heterocycles. The summed E-state index contributed by atoms with van der Waals surface area (Å²) in [7, 11) is 0. The molecule has 1 amide bonds. The summed E-state index contributed by atoms with van der Waals surface area (Å²) in [5, 5.41) is 2.96. The van der Waals surface area contributed by atoms with Gasteiger partial charge in [-0.2, -0.15) is 0 Å². The van der Waals surface area contributed by atoms with Crippen molar-refractivity contribution in [3.8, 4) is 0 Å². The van der Waals surface area contributed by atoms with Crippen LogP contribution in [0.5, 0.6) is 0 Å². The van der Waals surface area contributed by atoms with E-state index in [-0.39, 0.29) is 11.9 Å². The van der Waals surface area contributed by atoms with E-state index in [2.05, 4.69) is 32.2 Å². The predicted octanol–water partition coefficient (Wildman–Crippen LogP) is 3.25. The Labute approximate surface area is 115 Å². The van der Waals surface area contributed by atoms with E-state index in [4.69, 9.17) is 5.73 Å². The van der Waals surface area contributed by atoms with Crippen molar-refractivity contribution in [2.75, 3.05) is 5.32 Å². The van der Waals surface area contributed by atoms with E-state index in [0.29, 0.717) is 18.3 Å².